The fraction of sp³-hybridized carbons (Fsp3) is 0.208. The number of hydrogen-bond donors (Lipinski definition) is 1. The molecule has 0 aliphatic carbocycles. The van der Waals surface area contributed by atoms with Gasteiger partial charge in [0.25, 0.3) is 5.91 Å². The van der Waals surface area contributed by atoms with Crippen LogP contribution in [0.5, 0.6) is 11.5 Å². The normalized spacial score (nSPS) is 10.8. The van der Waals surface area contributed by atoms with Crippen LogP contribution in [0.15, 0.2) is 42.5 Å². The second-order valence-electron chi connectivity index (χ2n) is 7.02. The number of aromatic nitrogens is 1. The van der Waals surface area contributed by atoms with E-state index in [1.54, 1.807) is 25.1 Å². The van der Waals surface area contributed by atoms with Crippen LogP contribution in [0.3, 0.4) is 0 Å². The molecule has 0 spiro atoms. The Labute approximate surface area is 198 Å². The predicted molar refractivity (Wildman–Crippen MR) is 131 cm³/mol. The summed E-state index contributed by atoms with van der Waals surface area (Å²) in [7, 11) is 3.05. The average molecular weight is 483 g/mol. The average Bonchev–Trinajstić information content (AvgIpc) is 3.39. The Morgan fingerprint density at radius 3 is 2.36 bits per heavy atom. The van der Waals surface area contributed by atoms with Crippen molar-refractivity contribution in [2.45, 2.75) is 13.8 Å². The largest absolute Gasteiger partial charge is 0.497 e. The minimum atomic E-state index is -0.425. The molecule has 0 atom stereocenters. The van der Waals surface area contributed by atoms with Crippen molar-refractivity contribution in [2.24, 2.45) is 0 Å². The van der Waals surface area contributed by atoms with Crippen LogP contribution in [0.2, 0.25) is 0 Å². The third kappa shape index (κ3) is 4.55. The Balaban J connectivity index is 1.79. The molecule has 1 N–H and O–H groups in total. The van der Waals surface area contributed by atoms with E-state index in [1.807, 2.05) is 31.2 Å². The maximum absolute atomic E-state index is 13.2. The van der Waals surface area contributed by atoms with Gasteiger partial charge in [-0.2, -0.15) is 0 Å². The lowest BCUT2D eigenvalue weighted by Crippen LogP contribution is -2.12. The third-order valence-corrected chi connectivity index (χ3v) is 7.20. The van der Waals surface area contributed by atoms with Gasteiger partial charge in [0.1, 0.15) is 26.4 Å². The van der Waals surface area contributed by atoms with Gasteiger partial charge in [-0.05, 0) is 43.7 Å². The lowest BCUT2D eigenvalue weighted by molar-refractivity contribution is 0.0531. The fourth-order valence-corrected chi connectivity index (χ4v) is 5.58. The number of thiazole rings is 1. The number of nitrogens with one attached hydrogen (secondary N) is 1. The summed E-state index contributed by atoms with van der Waals surface area (Å²) in [5, 5.41) is 4.21. The molecule has 0 aliphatic rings. The van der Waals surface area contributed by atoms with Crippen LogP contribution in [0.4, 0.5) is 5.00 Å². The van der Waals surface area contributed by atoms with Crippen LogP contribution in [-0.4, -0.2) is 37.7 Å². The molecule has 0 bridgehead atoms. The molecule has 0 radical (unpaired) electrons. The number of rotatable bonds is 7. The van der Waals surface area contributed by atoms with Gasteiger partial charge >= 0.3 is 5.97 Å². The van der Waals surface area contributed by atoms with E-state index >= 15 is 0 Å². The zero-order valence-electron chi connectivity index (χ0n) is 18.6. The van der Waals surface area contributed by atoms with Gasteiger partial charge in [0, 0.05) is 17.2 Å². The number of hydrogen-bond acceptors (Lipinski definition) is 8. The molecule has 33 heavy (non-hydrogen) atoms. The number of para-hydroxylation sites is 1. The summed E-state index contributed by atoms with van der Waals surface area (Å²) >= 11 is 2.68. The van der Waals surface area contributed by atoms with Crippen LogP contribution < -0.4 is 14.8 Å². The van der Waals surface area contributed by atoms with E-state index in [1.165, 1.54) is 36.9 Å². The molecular formula is C24H22N2O5S2. The summed E-state index contributed by atoms with van der Waals surface area (Å²) < 4.78 is 16.8. The first-order valence-electron chi connectivity index (χ1n) is 10.2. The van der Waals surface area contributed by atoms with Gasteiger partial charge in [-0.15, -0.1) is 22.7 Å². The molecule has 0 saturated heterocycles. The van der Waals surface area contributed by atoms with E-state index in [4.69, 9.17) is 19.2 Å². The molecule has 4 aromatic rings. The molecule has 0 fully saturated rings. The van der Waals surface area contributed by atoms with E-state index in [9.17, 15) is 9.59 Å². The smallest absolute Gasteiger partial charge is 0.348 e. The minimum Gasteiger partial charge on any atom is -0.497 e. The number of carbonyl (C=O) groups excluding carboxylic acids is 2. The highest BCUT2D eigenvalue weighted by atomic mass is 32.1. The monoisotopic (exact) mass is 482 g/mol. The fourth-order valence-electron chi connectivity index (χ4n) is 3.34. The van der Waals surface area contributed by atoms with Gasteiger partial charge < -0.3 is 19.5 Å². The molecule has 1 amide bonds. The Morgan fingerprint density at radius 2 is 1.73 bits per heavy atom. The molecule has 2 aromatic heterocycles. The van der Waals surface area contributed by atoms with Crippen LogP contribution in [0.1, 0.15) is 32.5 Å². The maximum Gasteiger partial charge on any atom is 0.348 e. The summed E-state index contributed by atoms with van der Waals surface area (Å²) in [6.07, 6.45) is 0. The van der Waals surface area contributed by atoms with Gasteiger partial charge in [0.05, 0.1) is 31.0 Å². The molecular weight excluding hydrogens is 460 g/mol. The standard InChI is InChI=1S/C24H22N2O5S2/c1-5-31-24(28)20-13(2)19(22-25-17-8-6-7-9-18(17)32-22)23(33-20)26-21(27)14-10-15(29-3)12-16(11-14)30-4/h6-12H,5H2,1-4H3,(H,26,27). The number of anilines is 1. The summed E-state index contributed by atoms with van der Waals surface area (Å²) in [5.41, 5.74) is 2.66. The molecule has 0 saturated carbocycles. The summed E-state index contributed by atoms with van der Waals surface area (Å²) in [4.78, 5) is 30.9. The first-order valence-corrected chi connectivity index (χ1v) is 11.8. The second kappa shape index (κ2) is 9.60. The summed E-state index contributed by atoms with van der Waals surface area (Å²) in [6.45, 7) is 3.86. The van der Waals surface area contributed by atoms with Gasteiger partial charge in [-0.25, -0.2) is 9.78 Å². The number of benzene rings is 2. The molecule has 2 heterocycles. The number of carbonyl (C=O) groups is 2. The molecule has 7 nitrogen and oxygen atoms in total. The lowest BCUT2D eigenvalue weighted by Gasteiger charge is -2.09. The highest BCUT2D eigenvalue weighted by Crippen LogP contribution is 2.44. The number of nitrogens with zero attached hydrogens (tertiary/aromatic N) is 1. The predicted octanol–water partition coefficient (Wildman–Crippen LogP) is 5.78. The lowest BCUT2D eigenvalue weighted by atomic mass is 10.1. The van der Waals surface area contributed by atoms with Crippen LogP contribution in [0, 0.1) is 6.92 Å². The van der Waals surface area contributed by atoms with E-state index in [2.05, 4.69) is 5.32 Å². The van der Waals surface area contributed by atoms with Crippen molar-refractivity contribution >= 4 is 49.8 Å². The van der Waals surface area contributed by atoms with E-state index in [0.29, 0.717) is 32.5 Å². The number of thiophene rings is 1. The quantitative estimate of drug-likeness (QED) is 0.336. The maximum atomic E-state index is 13.2. The SMILES string of the molecule is CCOC(=O)c1sc(NC(=O)c2cc(OC)cc(OC)c2)c(-c2nc3ccccc3s2)c1C. The second-order valence-corrected chi connectivity index (χ2v) is 9.07. The summed E-state index contributed by atoms with van der Waals surface area (Å²) in [6, 6.07) is 12.7. The highest BCUT2D eigenvalue weighted by Gasteiger charge is 2.26. The van der Waals surface area contributed by atoms with Gasteiger partial charge in [-0.3, -0.25) is 4.79 Å². The number of ether oxygens (including phenoxy) is 3. The van der Waals surface area contributed by atoms with Crippen molar-refractivity contribution in [1.29, 1.82) is 0 Å². The number of fused-ring (bicyclic) bond motifs is 1. The zero-order valence-corrected chi connectivity index (χ0v) is 20.2. The van der Waals surface area contributed by atoms with Crippen LogP contribution in [-0.2, 0) is 4.74 Å². The number of esters is 1. The summed E-state index contributed by atoms with van der Waals surface area (Å²) in [5.74, 6) is 0.220. The van der Waals surface area contributed by atoms with E-state index in [-0.39, 0.29) is 12.5 Å². The van der Waals surface area contributed by atoms with Crippen molar-refractivity contribution in [3.05, 3.63) is 58.5 Å². The van der Waals surface area contributed by atoms with Gasteiger partial charge in [0.2, 0.25) is 0 Å². The Morgan fingerprint density at radius 1 is 1.03 bits per heavy atom. The minimum absolute atomic E-state index is 0.262. The van der Waals surface area contributed by atoms with Crippen molar-refractivity contribution in [2.75, 3.05) is 26.1 Å². The third-order valence-electron chi connectivity index (χ3n) is 4.96. The Bertz CT molecular complexity index is 1290. The van der Waals surface area contributed by atoms with E-state index in [0.717, 1.165) is 20.8 Å². The number of amides is 1. The van der Waals surface area contributed by atoms with Crippen molar-refractivity contribution in [1.82, 2.24) is 4.98 Å². The molecule has 170 valence electrons. The van der Waals surface area contributed by atoms with Crippen molar-refractivity contribution in [3.63, 3.8) is 0 Å². The van der Waals surface area contributed by atoms with Gasteiger partial charge in [0.15, 0.2) is 0 Å². The highest BCUT2D eigenvalue weighted by molar-refractivity contribution is 7.23. The van der Waals surface area contributed by atoms with Crippen molar-refractivity contribution < 1.29 is 23.8 Å². The zero-order chi connectivity index (χ0) is 23.5. The Kier molecular flexibility index (Phi) is 6.62. The number of methoxy groups -OCH3 is 2. The van der Waals surface area contributed by atoms with Crippen LogP contribution >= 0.6 is 22.7 Å². The van der Waals surface area contributed by atoms with Crippen molar-refractivity contribution in [3.8, 4) is 22.1 Å². The Hall–Kier alpha value is -3.43. The molecule has 0 aliphatic heterocycles. The topological polar surface area (TPSA) is 86.8 Å². The molecule has 9 heteroatoms. The van der Waals surface area contributed by atoms with E-state index < -0.39 is 5.97 Å². The van der Waals surface area contributed by atoms with Crippen LogP contribution in [0.25, 0.3) is 20.8 Å². The first kappa shape index (κ1) is 22.8. The molecule has 2 aromatic carbocycles. The molecule has 4 rings (SSSR count). The first-order chi connectivity index (χ1) is 15.9. The van der Waals surface area contributed by atoms with Gasteiger partial charge in [-0.1, -0.05) is 12.1 Å². The molecule has 0 unspecified atom stereocenters.